The Labute approximate surface area is 136 Å². The van der Waals surface area contributed by atoms with E-state index in [1.54, 1.807) is 13.2 Å². The molecule has 0 aromatic heterocycles. The molecule has 0 N–H and O–H groups in total. The predicted molar refractivity (Wildman–Crippen MR) is 92.8 cm³/mol. The average molecular weight is 338 g/mol. The second-order valence-corrected chi connectivity index (χ2v) is 7.93. The van der Waals surface area contributed by atoms with Crippen molar-refractivity contribution in [1.29, 1.82) is 0 Å². The molecule has 0 spiro atoms. The van der Waals surface area contributed by atoms with E-state index in [-0.39, 0.29) is 0 Å². The molecule has 2 rings (SSSR count). The van der Waals surface area contributed by atoms with E-state index >= 15 is 0 Å². The minimum absolute atomic E-state index is 0.419. The highest BCUT2D eigenvalue weighted by Gasteiger charge is 2.47. The van der Waals surface area contributed by atoms with Crippen LogP contribution in [0.2, 0.25) is 5.02 Å². The van der Waals surface area contributed by atoms with E-state index in [4.69, 9.17) is 20.6 Å². The van der Waals surface area contributed by atoms with Crippen LogP contribution >= 0.6 is 19.3 Å². The first kappa shape index (κ1) is 17.1. The third-order valence-corrected chi connectivity index (χ3v) is 6.81. The van der Waals surface area contributed by atoms with Gasteiger partial charge in [0.2, 0.25) is 0 Å². The lowest BCUT2D eigenvalue weighted by Gasteiger charge is -2.22. The van der Waals surface area contributed by atoms with Gasteiger partial charge in [0.05, 0.1) is 18.7 Å². The molecule has 0 radical (unpaired) electrons. The first-order valence-electron chi connectivity index (χ1n) is 7.00. The lowest BCUT2D eigenvalue weighted by Crippen LogP contribution is -2.26. The average Bonchev–Trinajstić information content (AvgIpc) is 2.53. The van der Waals surface area contributed by atoms with Gasteiger partial charge in [0.15, 0.2) is 16.9 Å². The molecule has 1 unspecified atom stereocenters. The van der Waals surface area contributed by atoms with E-state index in [9.17, 15) is 4.79 Å². The zero-order chi connectivity index (χ0) is 16.2. The van der Waals surface area contributed by atoms with Crippen LogP contribution in [0.5, 0.6) is 0 Å². The normalized spacial score (nSPS) is 13.6. The second-order valence-electron chi connectivity index (χ2n) is 4.76. The molecule has 0 fully saturated rings. The number of carbonyl (C=O) groups is 1. The van der Waals surface area contributed by atoms with Crippen LogP contribution in [0.1, 0.15) is 22.8 Å². The minimum atomic E-state index is -2.47. The summed E-state index contributed by atoms with van der Waals surface area (Å²) < 4.78 is 12.0. The van der Waals surface area contributed by atoms with E-state index in [2.05, 4.69) is 0 Å². The van der Waals surface area contributed by atoms with Crippen LogP contribution < -0.4 is 10.6 Å². The molecule has 0 amide bonds. The van der Waals surface area contributed by atoms with Crippen molar-refractivity contribution < 1.29 is 13.8 Å². The van der Waals surface area contributed by atoms with Crippen molar-refractivity contribution in [2.45, 2.75) is 13.8 Å². The van der Waals surface area contributed by atoms with Crippen molar-refractivity contribution in [3.05, 3.63) is 58.6 Å². The first-order valence-corrected chi connectivity index (χ1v) is 9.00. The molecule has 22 heavy (non-hydrogen) atoms. The topological polar surface area (TPSA) is 35.5 Å². The van der Waals surface area contributed by atoms with Crippen LogP contribution in [0.4, 0.5) is 0 Å². The van der Waals surface area contributed by atoms with Crippen molar-refractivity contribution >= 4 is 36.2 Å². The largest absolute Gasteiger partial charge is 0.339 e. The second kappa shape index (κ2) is 7.34. The molecule has 0 saturated heterocycles. The summed E-state index contributed by atoms with van der Waals surface area (Å²) in [5.74, 6) is 0. The summed E-state index contributed by atoms with van der Waals surface area (Å²) in [5, 5.41) is 2.27. The molecule has 0 saturated carbocycles. The lowest BCUT2D eigenvalue weighted by molar-refractivity contribution is 0.112. The van der Waals surface area contributed by atoms with Gasteiger partial charge in [-0.15, -0.1) is 0 Å². The maximum atomic E-state index is 11.1. The minimum Gasteiger partial charge on any atom is -0.298 e. The fraction of sp³-hybridized carbons (Fsp3) is 0.235. The number of halogens is 1. The first-order chi connectivity index (χ1) is 10.6. The Morgan fingerprint density at radius 2 is 1.86 bits per heavy atom. The van der Waals surface area contributed by atoms with E-state index < -0.39 is 7.72 Å². The molecule has 2 aromatic carbocycles. The zero-order valence-electron chi connectivity index (χ0n) is 12.9. The Hall–Kier alpha value is -1.25. The van der Waals surface area contributed by atoms with Gasteiger partial charge in [0.1, 0.15) is 0 Å². The van der Waals surface area contributed by atoms with Gasteiger partial charge in [-0.2, -0.15) is 9.05 Å². The maximum absolute atomic E-state index is 11.1. The summed E-state index contributed by atoms with van der Waals surface area (Å²) in [5.41, 5.74) is 1.32. The van der Waals surface area contributed by atoms with Gasteiger partial charge in [-0.05, 0) is 37.6 Å². The van der Waals surface area contributed by atoms with E-state index in [1.807, 2.05) is 50.2 Å². The fourth-order valence-corrected chi connectivity index (χ4v) is 5.53. The molecule has 116 valence electrons. The van der Waals surface area contributed by atoms with Crippen LogP contribution in [0.3, 0.4) is 0 Å². The fourth-order valence-electron chi connectivity index (χ4n) is 2.42. The number of hydrogen-bond acceptors (Lipinski definition) is 3. The molecule has 3 nitrogen and oxygen atoms in total. The quantitative estimate of drug-likeness (QED) is 0.591. The van der Waals surface area contributed by atoms with Gasteiger partial charge in [0, 0.05) is 11.6 Å². The van der Waals surface area contributed by atoms with Gasteiger partial charge in [-0.1, -0.05) is 29.8 Å². The van der Waals surface area contributed by atoms with Crippen molar-refractivity contribution in [2.24, 2.45) is 0 Å². The molecule has 0 heterocycles. The number of rotatable bonds is 6. The third-order valence-electron chi connectivity index (χ3n) is 3.44. The Kier molecular flexibility index (Phi) is 5.71. The Bertz CT molecular complexity index is 637. The standard InChI is InChI=1S/C17H19ClO3P/c1-4-21-22(20-3,14-8-6-5-7-9-14)15-10-13(2)16(12-19)17(18)11-15/h5-12H,4H2,1-3H3/q+1. The van der Waals surface area contributed by atoms with Crippen molar-refractivity contribution in [3.63, 3.8) is 0 Å². The van der Waals surface area contributed by atoms with Gasteiger partial charge < -0.3 is 0 Å². The predicted octanol–water partition coefficient (Wildman–Crippen LogP) is 3.94. The van der Waals surface area contributed by atoms with Gasteiger partial charge >= 0.3 is 7.72 Å². The molecular formula is C17H19ClO3P+. The summed E-state index contributed by atoms with van der Waals surface area (Å²) in [7, 11) is -0.820. The monoisotopic (exact) mass is 337 g/mol. The SMILES string of the molecule is CCO[P+](OC)(c1ccccc1)c1cc(C)c(C=O)c(Cl)c1. The molecular weight excluding hydrogens is 319 g/mol. The van der Waals surface area contributed by atoms with Gasteiger partial charge in [-0.25, -0.2) is 0 Å². The van der Waals surface area contributed by atoms with Gasteiger partial charge in [0.25, 0.3) is 0 Å². The maximum Gasteiger partial charge on any atom is 0.339 e. The zero-order valence-corrected chi connectivity index (χ0v) is 14.5. The molecule has 2 aromatic rings. The van der Waals surface area contributed by atoms with Crippen molar-refractivity contribution in [3.8, 4) is 0 Å². The van der Waals surface area contributed by atoms with Crippen molar-refractivity contribution in [1.82, 2.24) is 0 Å². The van der Waals surface area contributed by atoms with E-state index in [0.717, 1.165) is 22.5 Å². The molecule has 1 atom stereocenters. The Morgan fingerprint density at radius 3 is 2.36 bits per heavy atom. The Morgan fingerprint density at radius 1 is 1.18 bits per heavy atom. The van der Waals surface area contributed by atoms with Crippen LogP contribution in [-0.2, 0) is 9.05 Å². The molecule has 5 heteroatoms. The summed E-state index contributed by atoms with van der Waals surface area (Å²) >= 11 is 6.26. The number of aldehydes is 1. The van der Waals surface area contributed by atoms with E-state index in [0.29, 0.717) is 17.2 Å². The van der Waals surface area contributed by atoms with Crippen LogP contribution in [0, 0.1) is 6.92 Å². The summed E-state index contributed by atoms with van der Waals surface area (Å²) in [6.07, 6.45) is 0.775. The molecule has 0 bridgehead atoms. The van der Waals surface area contributed by atoms with Crippen LogP contribution in [-0.4, -0.2) is 20.0 Å². The number of aryl methyl sites for hydroxylation is 1. The van der Waals surface area contributed by atoms with Gasteiger partial charge in [-0.3, -0.25) is 4.79 Å². The smallest absolute Gasteiger partial charge is 0.298 e. The third kappa shape index (κ3) is 3.09. The summed E-state index contributed by atoms with van der Waals surface area (Å²) in [4.78, 5) is 11.1. The van der Waals surface area contributed by atoms with E-state index in [1.165, 1.54) is 0 Å². The lowest BCUT2D eigenvalue weighted by atomic mass is 10.1. The number of hydrogen-bond donors (Lipinski definition) is 0. The highest BCUT2D eigenvalue weighted by Crippen LogP contribution is 2.58. The number of carbonyl (C=O) groups excluding carboxylic acids is 1. The molecule has 0 aliphatic heterocycles. The molecule has 0 aliphatic carbocycles. The van der Waals surface area contributed by atoms with Crippen molar-refractivity contribution in [2.75, 3.05) is 13.7 Å². The van der Waals surface area contributed by atoms with Crippen LogP contribution in [0.15, 0.2) is 42.5 Å². The molecule has 0 aliphatic rings. The highest BCUT2D eigenvalue weighted by molar-refractivity contribution is 7.81. The Balaban J connectivity index is 2.67. The highest BCUT2D eigenvalue weighted by atomic mass is 35.5. The summed E-state index contributed by atoms with van der Waals surface area (Å²) in [6, 6.07) is 13.5. The number of benzene rings is 2. The summed E-state index contributed by atoms with van der Waals surface area (Å²) in [6.45, 7) is 4.31. The van der Waals surface area contributed by atoms with Crippen LogP contribution in [0.25, 0.3) is 0 Å².